The summed E-state index contributed by atoms with van der Waals surface area (Å²) < 4.78 is 0. The second-order valence-corrected chi connectivity index (χ2v) is 6.01. The molecule has 0 aliphatic carbocycles. The Hall–Kier alpha value is -1.16. The highest BCUT2D eigenvalue weighted by Gasteiger charge is 2.15. The van der Waals surface area contributed by atoms with Gasteiger partial charge in [0.05, 0.1) is 5.39 Å². The van der Waals surface area contributed by atoms with Crippen molar-refractivity contribution in [1.82, 2.24) is 9.97 Å². The van der Waals surface area contributed by atoms with Gasteiger partial charge in [-0.25, -0.2) is 9.97 Å². The largest absolute Gasteiger partial charge is 0.372 e. The van der Waals surface area contributed by atoms with Crippen LogP contribution in [-0.4, -0.2) is 17.0 Å². The normalized spacial score (nSPS) is 12.0. The van der Waals surface area contributed by atoms with Crippen molar-refractivity contribution in [3.05, 3.63) is 17.3 Å². The number of rotatable bonds is 2. The molecule has 86 valence electrons. The van der Waals surface area contributed by atoms with E-state index in [0.29, 0.717) is 0 Å². The van der Waals surface area contributed by atoms with E-state index >= 15 is 0 Å². The zero-order valence-electron chi connectivity index (χ0n) is 10.2. The topological polar surface area (TPSA) is 37.8 Å². The predicted octanol–water partition coefficient (Wildman–Crippen LogP) is 3.32. The minimum atomic E-state index is 0.218. The lowest BCUT2D eigenvalue weighted by atomic mass is 9.92. The molecule has 0 radical (unpaired) electrons. The summed E-state index contributed by atoms with van der Waals surface area (Å²) in [7, 11) is 1.90. The van der Waals surface area contributed by atoms with Gasteiger partial charge in [-0.05, 0) is 16.9 Å². The fraction of sp³-hybridized carbons (Fsp3) is 0.500. The van der Waals surface area contributed by atoms with E-state index < -0.39 is 0 Å². The molecule has 3 nitrogen and oxygen atoms in total. The summed E-state index contributed by atoms with van der Waals surface area (Å²) in [4.78, 5) is 10.2. The number of hydrogen-bond donors (Lipinski definition) is 1. The third-order valence-corrected chi connectivity index (χ3v) is 3.10. The molecule has 0 spiro atoms. The average molecular weight is 235 g/mol. The molecule has 0 aromatic carbocycles. The lowest BCUT2D eigenvalue weighted by Crippen LogP contribution is -2.12. The Balaban J connectivity index is 2.47. The Labute approximate surface area is 99.9 Å². The van der Waals surface area contributed by atoms with Crippen LogP contribution < -0.4 is 5.32 Å². The standard InChI is InChI=1S/C12H17N3S/c1-12(2,3)7-9-14-10(13-4)8-5-6-16-11(8)15-9/h5-6H,7H2,1-4H3,(H,13,14,15). The van der Waals surface area contributed by atoms with Crippen molar-refractivity contribution in [2.45, 2.75) is 27.2 Å². The fourth-order valence-electron chi connectivity index (χ4n) is 1.64. The maximum atomic E-state index is 4.60. The number of thiophene rings is 1. The van der Waals surface area contributed by atoms with Crippen molar-refractivity contribution in [3.63, 3.8) is 0 Å². The first kappa shape index (κ1) is 11.3. The monoisotopic (exact) mass is 235 g/mol. The van der Waals surface area contributed by atoms with Gasteiger partial charge in [0.25, 0.3) is 0 Å². The third kappa shape index (κ3) is 2.32. The second-order valence-electron chi connectivity index (χ2n) is 5.12. The first-order valence-electron chi connectivity index (χ1n) is 5.41. The van der Waals surface area contributed by atoms with E-state index in [0.717, 1.165) is 28.3 Å². The Kier molecular flexibility index (Phi) is 2.84. The van der Waals surface area contributed by atoms with Crippen LogP contribution in [0.2, 0.25) is 0 Å². The summed E-state index contributed by atoms with van der Waals surface area (Å²) in [6.07, 6.45) is 0.898. The van der Waals surface area contributed by atoms with Gasteiger partial charge in [0.15, 0.2) is 0 Å². The molecule has 0 amide bonds. The van der Waals surface area contributed by atoms with Gasteiger partial charge in [0.1, 0.15) is 16.5 Å². The molecule has 0 unspecified atom stereocenters. The van der Waals surface area contributed by atoms with E-state index in [1.165, 1.54) is 0 Å². The molecule has 2 aromatic heterocycles. The van der Waals surface area contributed by atoms with Crippen LogP contribution in [0.25, 0.3) is 10.2 Å². The van der Waals surface area contributed by atoms with E-state index in [2.05, 4.69) is 47.5 Å². The van der Waals surface area contributed by atoms with Gasteiger partial charge in [-0.1, -0.05) is 20.8 Å². The van der Waals surface area contributed by atoms with E-state index in [1.54, 1.807) is 11.3 Å². The molecule has 2 rings (SSSR count). The molecule has 0 aliphatic heterocycles. The third-order valence-electron chi connectivity index (χ3n) is 2.30. The number of aromatic nitrogens is 2. The number of nitrogens with zero attached hydrogens (tertiary/aromatic N) is 2. The lowest BCUT2D eigenvalue weighted by molar-refractivity contribution is 0.401. The van der Waals surface area contributed by atoms with Crippen molar-refractivity contribution in [3.8, 4) is 0 Å². The first-order valence-corrected chi connectivity index (χ1v) is 6.29. The van der Waals surface area contributed by atoms with Gasteiger partial charge in [0, 0.05) is 13.5 Å². The van der Waals surface area contributed by atoms with Gasteiger partial charge >= 0.3 is 0 Å². The second kappa shape index (κ2) is 4.01. The summed E-state index contributed by atoms with van der Waals surface area (Å²) in [5.74, 6) is 1.86. The zero-order chi connectivity index (χ0) is 11.8. The smallest absolute Gasteiger partial charge is 0.138 e. The summed E-state index contributed by atoms with van der Waals surface area (Å²) >= 11 is 1.67. The Morgan fingerprint density at radius 3 is 2.69 bits per heavy atom. The van der Waals surface area contributed by atoms with Crippen LogP contribution in [0.15, 0.2) is 11.4 Å². The van der Waals surface area contributed by atoms with Gasteiger partial charge in [0.2, 0.25) is 0 Å². The maximum Gasteiger partial charge on any atom is 0.138 e. The van der Waals surface area contributed by atoms with Crippen LogP contribution in [0.3, 0.4) is 0 Å². The summed E-state index contributed by atoms with van der Waals surface area (Å²) in [5, 5.41) is 6.31. The van der Waals surface area contributed by atoms with Crippen molar-refractivity contribution >= 4 is 27.4 Å². The molecule has 4 heteroatoms. The van der Waals surface area contributed by atoms with E-state index in [9.17, 15) is 0 Å². The van der Waals surface area contributed by atoms with Crippen molar-refractivity contribution in [2.75, 3.05) is 12.4 Å². The maximum absolute atomic E-state index is 4.60. The molecule has 0 saturated carbocycles. The van der Waals surface area contributed by atoms with Gasteiger partial charge in [-0.15, -0.1) is 11.3 Å². The fourth-order valence-corrected chi connectivity index (χ4v) is 2.43. The lowest BCUT2D eigenvalue weighted by Gasteiger charge is -2.17. The quantitative estimate of drug-likeness (QED) is 0.867. The van der Waals surface area contributed by atoms with Crippen molar-refractivity contribution < 1.29 is 0 Å². The van der Waals surface area contributed by atoms with Gasteiger partial charge in [-0.3, -0.25) is 0 Å². The average Bonchev–Trinajstić information content (AvgIpc) is 2.61. The molecule has 0 atom stereocenters. The SMILES string of the molecule is CNc1nc(CC(C)(C)C)nc2sccc12. The van der Waals surface area contributed by atoms with Crippen LogP contribution in [0.4, 0.5) is 5.82 Å². The van der Waals surface area contributed by atoms with Crippen molar-refractivity contribution in [1.29, 1.82) is 0 Å². The number of nitrogens with one attached hydrogen (secondary N) is 1. The number of hydrogen-bond acceptors (Lipinski definition) is 4. The molecule has 0 bridgehead atoms. The Bertz CT molecular complexity index is 496. The zero-order valence-corrected chi connectivity index (χ0v) is 11.0. The first-order chi connectivity index (χ1) is 7.49. The van der Waals surface area contributed by atoms with Gasteiger partial charge < -0.3 is 5.32 Å². The van der Waals surface area contributed by atoms with Crippen LogP contribution >= 0.6 is 11.3 Å². The van der Waals surface area contributed by atoms with E-state index in [4.69, 9.17) is 0 Å². The molecule has 2 aromatic rings. The number of anilines is 1. The van der Waals surface area contributed by atoms with Crippen LogP contribution in [0, 0.1) is 5.41 Å². The minimum absolute atomic E-state index is 0.218. The molecular weight excluding hydrogens is 218 g/mol. The molecule has 16 heavy (non-hydrogen) atoms. The highest BCUT2D eigenvalue weighted by atomic mass is 32.1. The number of fused-ring (bicyclic) bond motifs is 1. The summed E-state index contributed by atoms with van der Waals surface area (Å²) in [6.45, 7) is 6.61. The molecule has 1 N–H and O–H groups in total. The molecule has 0 saturated heterocycles. The molecule has 0 aliphatic rings. The van der Waals surface area contributed by atoms with Crippen LogP contribution in [-0.2, 0) is 6.42 Å². The molecular formula is C12H17N3S. The molecule has 2 heterocycles. The van der Waals surface area contributed by atoms with E-state index in [1.807, 2.05) is 7.05 Å². The van der Waals surface area contributed by atoms with Crippen LogP contribution in [0.5, 0.6) is 0 Å². The van der Waals surface area contributed by atoms with Crippen LogP contribution in [0.1, 0.15) is 26.6 Å². The highest BCUT2D eigenvalue weighted by molar-refractivity contribution is 7.16. The summed E-state index contributed by atoms with van der Waals surface area (Å²) in [6, 6.07) is 2.06. The highest BCUT2D eigenvalue weighted by Crippen LogP contribution is 2.27. The summed E-state index contributed by atoms with van der Waals surface area (Å²) in [5.41, 5.74) is 0.218. The van der Waals surface area contributed by atoms with Gasteiger partial charge in [-0.2, -0.15) is 0 Å². The Morgan fingerprint density at radius 2 is 2.06 bits per heavy atom. The Morgan fingerprint density at radius 1 is 1.31 bits per heavy atom. The molecule has 0 fully saturated rings. The van der Waals surface area contributed by atoms with Crippen molar-refractivity contribution in [2.24, 2.45) is 5.41 Å². The van der Waals surface area contributed by atoms with E-state index in [-0.39, 0.29) is 5.41 Å². The predicted molar refractivity (Wildman–Crippen MR) is 70.1 cm³/mol. The minimum Gasteiger partial charge on any atom is -0.372 e.